The van der Waals surface area contributed by atoms with Gasteiger partial charge < -0.3 is 15.4 Å². The monoisotopic (exact) mass is 392 g/mol. The van der Waals surface area contributed by atoms with Crippen molar-refractivity contribution in [2.45, 2.75) is 19.8 Å². The predicted molar refractivity (Wildman–Crippen MR) is 103 cm³/mol. The van der Waals surface area contributed by atoms with Gasteiger partial charge in [-0.3, -0.25) is 9.59 Å². The predicted octanol–water partition coefficient (Wildman–Crippen LogP) is 3.36. The molecule has 0 fully saturated rings. The minimum absolute atomic E-state index is 0.0369. The van der Waals surface area contributed by atoms with Crippen LogP contribution in [-0.4, -0.2) is 31.5 Å². The van der Waals surface area contributed by atoms with Crippen LogP contribution in [0.1, 0.15) is 29.3 Å². The highest BCUT2D eigenvalue weighted by atomic mass is 35.5. The van der Waals surface area contributed by atoms with Gasteiger partial charge in [-0.05, 0) is 36.2 Å². The van der Waals surface area contributed by atoms with Crippen LogP contribution in [0.15, 0.2) is 42.5 Å². The Kier molecular flexibility index (Phi) is 8.07. The molecule has 2 N–H and O–H groups in total. The lowest BCUT2D eigenvalue weighted by molar-refractivity contribution is -0.123. The van der Waals surface area contributed by atoms with Crippen molar-refractivity contribution in [2.24, 2.45) is 0 Å². The van der Waals surface area contributed by atoms with Gasteiger partial charge in [-0.2, -0.15) is 0 Å². The fourth-order valence-corrected chi connectivity index (χ4v) is 2.67. The van der Waals surface area contributed by atoms with Crippen molar-refractivity contribution in [2.75, 3.05) is 19.7 Å². The Morgan fingerprint density at radius 3 is 2.44 bits per heavy atom. The molecule has 0 aliphatic heterocycles. The summed E-state index contributed by atoms with van der Waals surface area (Å²) in [4.78, 5) is 23.7. The first-order valence-corrected chi connectivity index (χ1v) is 9.09. The normalized spacial score (nSPS) is 10.3. The van der Waals surface area contributed by atoms with Gasteiger partial charge in [-0.1, -0.05) is 43.1 Å². The number of hydrogen-bond donors (Lipinski definition) is 2. The van der Waals surface area contributed by atoms with E-state index in [0.29, 0.717) is 5.75 Å². The maximum absolute atomic E-state index is 13.6. The fraction of sp³-hybridized carbons (Fsp3) is 0.300. The second-order valence-electron chi connectivity index (χ2n) is 5.89. The van der Waals surface area contributed by atoms with Crippen LogP contribution in [0.3, 0.4) is 0 Å². The molecule has 0 bridgehead atoms. The lowest BCUT2D eigenvalue weighted by Crippen LogP contribution is -2.37. The van der Waals surface area contributed by atoms with E-state index in [1.165, 1.54) is 17.7 Å². The summed E-state index contributed by atoms with van der Waals surface area (Å²) >= 11 is 5.83. The molecule has 0 unspecified atom stereocenters. The molecule has 0 aliphatic rings. The third-order valence-electron chi connectivity index (χ3n) is 3.75. The average Bonchev–Trinajstić information content (AvgIpc) is 2.65. The smallest absolute Gasteiger partial charge is 0.258 e. The maximum atomic E-state index is 13.6. The first-order valence-electron chi connectivity index (χ1n) is 8.72. The number of halogens is 2. The summed E-state index contributed by atoms with van der Waals surface area (Å²) in [5.41, 5.74) is 1.01. The van der Waals surface area contributed by atoms with E-state index in [2.05, 4.69) is 17.6 Å². The largest absolute Gasteiger partial charge is 0.484 e. The molecule has 27 heavy (non-hydrogen) atoms. The van der Waals surface area contributed by atoms with Gasteiger partial charge in [0.1, 0.15) is 11.6 Å². The third-order valence-corrected chi connectivity index (χ3v) is 4.07. The van der Waals surface area contributed by atoms with Gasteiger partial charge in [0.2, 0.25) is 0 Å². The summed E-state index contributed by atoms with van der Waals surface area (Å²) in [5, 5.41) is 5.16. The number of benzene rings is 2. The molecule has 0 saturated carbocycles. The molecule has 144 valence electrons. The van der Waals surface area contributed by atoms with Gasteiger partial charge in [0.25, 0.3) is 11.8 Å². The second-order valence-corrected chi connectivity index (χ2v) is 6.29. The highest BCUT2D eigenvalue weighted by Gasteiger charge is 2.15. The number of carbonyl (C=O) groups is 2. The van der Waals surface area contributed by atoms with E-state index >= 15 is 0 Å². The lowest BCUT2D eigenvalue weighted by atomic mass is 10.1. The summed E-state index contributed by atoms with van der Waals surface area (Å²) in [6.07, 6.45) is 2.08. The Bertz CT molecular complexity index is 761. The maximum Gasteiger partial charge on any atom is 0.258 e. The first kappa shape index (κ1) is 20.7. The quantitative estimate of drug-likeness (QED) is 0.643. The summed E-state index contributed by atoms with van der Waals surface area (Å²) < 4.78 is 19.0. The molecule has 0 spiro atoms. The van der Waals surface area contributed by atoms with E-state index in [-0.39, 0.29) is 36.2 Å². The van der Waals surface area contributed by atoms with Crippen molar-refractivity contribution < 1.29 is 18.7 Å². The number of nitrogens with one attached hydrogen (secondary N) is 2. The molecule has 0 radical (unpaired) electrons. The molecule has 7 heteroatoms. The van der Waals surface area contributed by atoms with E-state index in [1.54, 1.807) is 0 Å². The molecule has 5 nitrogen and oxygen atoms in total. The van der Waals surface area contributed by atoms with Crippen LogP contribution >= 0.6 is 11.6 Å². The van der Waals surface area contributed by atoms with Gasteiger partial charge in [-0.15, -0.1) is 0 Å². The molecule has 2 rings (SSSR count). The fourth-order valence-electron chi connectivity index (χ4n) is 2.42. The van der Waals surface area contributed by atoms with Crippen LogP contribution < -0.4 is 15.4 Å². The molecular formula is C20H22ClFN2O3. The standard InChI is InChI=1S/C20H22ClFN2O3/c1-2-4-14-7-9-15(10-8-14)27-13-18(25)23-11-12-24-20(26)19-16(21)5-3-6-17(19)22/h3,5-10H,2,4,11-13H2,1H3,(H,23,25)(H,24,26). The first-order chi connectivity index (χ1) is 13.0. The SMILES string of the molecule is CCCc1ccc(OCC(=O)NCCNC(=O)c2c(F)cccc2Cl)cc1. The molecule has 2 aromatic carbocycles. The minimum Gasteiger partial charge on any atom is -0.484 e. The van der Waals surface area contributed by atoms with E-state index in [4.69, 9.17) is 16.3 Å². The zero-order valence-corrected chi connectivity index (χ0v) is 15.8. The van der Waals surface area contributed by atoms with Crippen LogP contribution in [0.2, 0.25) is 5.02 Å². The van der Waals surface area contributed by atoms with Gasteiger partial charge in [0.05, 0.1) is 10.6 Å². The summed E-state index contributed by atoms with van der Waals surface area (Å²) in [6, 6.07) is 11.6. The molecule has 0 aromatic heterocycles. The van der Waals surface area contributed by atoms with Crippen LogP contribution in [0.5, 0.6) is 5.75 Å². The molecule has 0 aliphatic carbocycles. The van der Waals surface area contributed by atoms with Gasteiger partial charge in [0.15, 0.2) is 6.61 Å². The lowest BCUT2D eigenvalue weighted by Gasteiger charge is -2.10. The molecule has 0 saturated heterocycles. The summed E-state index contributed by atoms with van der Waals surface area (Å²) in [6.45, 7) is 2.32. The van der Waals surface area contributed by atoms with Gasteiger partial charge in [-0.25, -0.2) is 4.39 Å². The van der Waals surface area contributed by atoms with E-state index in [9.17, 15) is 14.0 Å². The Balaban J connectivity index is 1.68. The highest BCUT2D eigenvalue weighted by molar-refractivity contribution is 6.33. The van der Waals surface area contributed by atoms with Crippen LogP contribution in [0, 0.1) is 5.82 Å². The number of ether oxygens (including phenoxy) is 1. The van der Waals surface area contributed by atoms with Crippen molar-refractivity contribution in [1.82, 2.24) is 10.6 Å². The minimum atomic E-state index is -0.692. The van der Waals surface area contributed by atoms with Crippen molar-refractivity contribution >= 4 is 23.4 Å². The number of rotatable bonds is 9. The second kappa shape index (κ2) is 10.5. The molecule has 2 aromatic rings. The molecule has 2 amide bonds. The number of hydrogen-bond acceptors (Lipinski definition) is 3. The van der Waals surface area contributed by atoms with E-state index < -0.39 is 11.7 Å². The number of carbonyl (C=O) groups excluding carboxylic acids is 2. The van der Waals surface area contributed by atoms with Crippen LogP contribution in [0.4, 0.5) is 4.39 Å². The third kappa shape index (κ3) is 6.57. The van der Waals surface area contributed by atoms with Gasteiger partial charge >= 0.3 is 0 Å². The molecule has 0 heterocycles. The van der Waals surface area contributed by atoms with Crippen molar-refractivity contribution in [3.8, 4) is 5.75 Å². The van der Waals surface area contributed by atoms with Crippen LogP contribution in [0.25, 0.3) is 0 Å². The Labute approximate surface area is 162 Å². The topological polar surface area (TPSA) is 67.4 Å². The Hall–Kier alpha value is -2.60. The summed E-state index contributed by atoms with van der Waals surface area (Å²) in [7, 11) is 0. The zero-order chi connectivity index (χ0) is 19.6. The van der Waals surface area contributed by atoms with Crippen molar-refractivity contribution in [1.29, 1.82) is 0 Å². The number of aryl methyl sites for hydroxylation is 1. The molecule has 0 atom stereocenters. The van der Waals surface area contributed by atoms with Crippen LogP contribution in [-0.2, 0) is 11.2 Å². The Morgan fingerprint density at radius 1 is 1.07 bits per heavy atom. The highest BCUT2D eigenvalue weighted by Crippen LogP contribution is 2.18. The van der Waals surface area contributed by atoms with Gasteiger partial charge in [0, 0.05) is 13.1 Å². The zero-order valence-electron chi connectivity index (χ0n) is 15.1. The average molecular weight is 393 g/mol. The Morgan fingerprint density at radius 2 is 1.78 bits per heavy atom. The number of amides is 2. The van der Waals surface area contributed by atoms with E-state index in [1.807, 2.05) is 24.3 Å². The molecular weight excluding hydrogens is 371 g/mol. The van der Waals surface area contributed by atoms with E-state index in [0.717, 1.165) is 18.9 Å². The summed E-state index contributed by atoms with van der Waals surface area (Å²) in [5.74, 6) is -1.02. The van der Waals surface area contributed by atoms with Crippen molar-refractivity contribution in [3.63, 3.8) is 0 Å². The van der Waals surface area contributed by atoms with Crippen molar-refractivity contribution in [3.05, 3.63) is 64.4 Å².